The molecule has 12 heteroatoms. The molecule has 1 saturated heterocycles. The van der Waals surface area contributed by atoms with Crippen LogP contribution in [0, 0.1) is 17.5 Å². The minimum absolute atomic E-state index is 0.0782. The molecule has 0 saturated carbocycles. The number of likely N-dealkylation sites (tertiary alicyclic amines) is 1. The number of hydrogen-bond donors (Lipinski definition) is 2. The molecule has 1 aliphatic heterocycles. The lowest BCUT2D eigenvalue weighted by atomic mass is 10.0. The molecule has 0 aliphatic carbocycles. The molecule has 0 unspecified atom stereocenters. The molecule has 2 aromatic carbocycles. The Hall–Kier alpha value is -2.18. The van der Waals surface area contributed by atoms with Gasteiger partial charge in [0, 0.05) is 37.1 Å². The third-order valence-electron chi connectivity index (χ3n) is 5.19. The van der Waals surface area contributed by atoms with Gasteiger partial charge in [0.15, 0.2) is 17.5 Å². The Bertz CT molecular complexity index is 1100. The zero-order chi connectivity index (χ0) is 23.4. The fourth-order valence-corrected chi connectivity index (χ4v) is 4.48. The quantitative estimate of drug-likeness (QED) is 0.147. The molecule has 1 aliphatic rings. The van der Waals surface area contributed by atoms with E-state index in [1.165, 1.54) is 24.5 Å². The standard InChI is InChI=1S/C21H21ClF3N5OS2/c1-29(33-31-28-18-11-32-12-27-18)21-16(24)8-17(19(22)20(21)25)26-9-13-4-2-5-15(23)14(13)10-30-6-3-7-30/h2,4-5,8,11-12,26,28H,3,6-7,9-10H2,1H3. The van der Waals surface area contributed by atoms with Gasteiger partial charge in [-0.25, -0.2) is 23.6 Å². The number of benzene rings is 2. The molecule has 2 heterocycles. The van der Waals surface area contributed by atoms with Gasteiger partial charge in [-0.15, -0.1) is 11.3 Å². The SMILES string of the molecule is CN(SONc1cscn1)c1c(F)cc(NCc2cccc(F)c2CN2CCC2)c(Cl)c1F. The molecule has 0 amide bonds. The number of halogens is 4. The lowest BCUT2D eigenvalue weighted by Crippen LogP contribution is -2.36. The lowest BCUT2D eigenvalue weighted by Gasteiger charge is -2.31. The van der Waals surface area contributed by atoms with Gasteiger partial charge in [0.05, 0.1) is 11.2 Å². The first-order valence-corrected chi connectivity index (χ1v) is 12.1. The van der Waals surface area contributed by atoms with Gasteiger partial charge in [-0.3, -0.25) is 9.21 Å². The van der Waals surface area contributed by atoms with Crippen LogP contribution in [0.15, 0.2) is 35.2 Å². The molecule has 1 aromatic heterocycles. The Morgan fingerprint density at radius 3 is 2.79 bits per heavy atom. The summed E-state index contributed by atoms with van der Waals surface area (Å²) in [6.45, 7) is 2.53. The van der Waals surface area contributed by atoms with Crippen molar-refractivity contribution in [1.29, 1.82) is 0 Å². The van der Waals surface area contributed by atoms with Gasteiger partial charge in [0.25, 0.3) is 0 Å². The Kier molecular flexibility index (Phi) is 7.86. The van der Waals surface area contributed by atoms with Crippen LogP contribution >= 0.6 is 35.2 Å². The summed E-state index contributed by atoms with van der Waals surface area (Å²) in [4.78, 5) is 6.12. The van der Waals surface area contributed by atoms with Crippen LogP contribution in [0.2, 0.25) is 5.02 Å². The van der Waals surface area contributed by atoms with Crippen LogP contribution in [0.25, 0.3) is 0 Å². The molecule has 0 bridgehead atoms. The van der Waals surface area contributed by atoms with Gasteiger partial charge < -0.3 is 5.32 Å². The molecule has 2 N–H and O–H groups in total. The maximum atomic E-state index is 14.9. The van der Waals surface area contributed by atoms with E-state index in [1.807, 2.05) is 0 Å². The highest BCUT2D eigenvalue weighted by Crippen LogP contribution is 2.37. The van der Waals surface area contributed by atoms with E-state index in [4.69, 9.17) is 15.9 Å². The number of nitrogens with one attached hydrogen (secondary N) is 2. The van der Waals surface area contributed by atoms with Gasteiger partial charge in [-0.1, -0.05) is 23.7 Å². The van der Waals surface area contributed by atoms with Gasteiger partial charge >= 0.3 is 0 Å². The Morgan fingerprint density at radius 2 is 2.09 bits per heavy atom. The molecule has 33 heavy (non-hydrogen) atoms. The first kappa shape index (κ1) is 24.0. The van der Waals surface area contributed by atoms with Crippen molar-refractivity contribution < 1.29 is 17.5 Å². The minimum atomic E-state index is -0.938. The summed E-state index contributed by atoms with van der Waals surface area (Å²) in [6.07, 6.45) is 1.10. The smallest absolute Gasteiger partial charge is 0.171 e. The average molecular weight is 516 g/mol. The second-order valence-corrected chi connectivity index (χ2v) is 9.33. The average Bonchev–Trinajstić information content (AvgIpc) is 3.27. The summed E-state index contributed by atoms with van der Waals surface area (Å²) < 4.78 is 50.5. The fraction of sp³-hybridized carbons (Fsp3) is 0.286. The molecular weight excluding hydrogens is 495 g/mol. The van der Waals surface area contributed by atoms with E-state index in [1.54, 1.807) is 23.0 Å². The number of aromatic nitrogens is 1. The highest BCUT2D eigenvalue weighted by atomic mass is 35.5. The lowest BCUT2D eigenvalue weighted by molar-refractivity contribution is 0.170. The van der Waals surface area contributed by atoms with E-state index in [2.05, 4.69) is 20.7 Å². The molecule has 0 atom stereocenters. The largest absolute Gasteiger partial charge is 0.380 e. The second kappa shape index (κ2) is 10.8. The van der Waals surface area contributed by atoms with E-state index < -0.39 is 11.6 Å². The van der Waals surface area contributed by atoms with Crippen molar-refractivity contribution in [2.45, 2.75) is 19.5 Å². The molecular formula is C21H21ClF3N5OS2. The van der Waals surface area contributed by atoms with Crippen molar-refractivity contribution >= 4 is 52.4 Å². The predicted octanol–water partition coefficient (Wildman–Crippen LogP) is 6.07. The molecule has 6 nitrogen and oxygen atoms in total. The summed E-state index contributed by atoms with van der Waals surface area (Å²) in [5, 5.41) is 4.39. The summed E-state index contributed by atoms with van der Waals surface area (Å²) in [6, 6.07) is 5.93. The van der Waals surface area contributed by atoms with Crippen molar-refractivity contribution in [3.05, 3.63) is 68.8 Å². The van der Waals surface area contributed by atoms with Crippen LogP contribution in [-0.4, -0.2) is 30.0 Å². The normalized spacial score (nSPS) is 13.6. The van der Waals surface area contributed by atoms with Crippen molar-refractivity contribution in [3.63, 3.8) is 0 Å². The molecule has 1 fully saturated rings. The summed E-state index contributed by atoms with van der Waals surface area (Å²) in [5.74, 6) is -1.59. The molecule has 3 aromatic rings. The fourth-order valence-electron chi connectivity index (χ4n) is 3.32. The number of hydrogen-bond acceptors (Lipinski definition) is 8. The van der Waals surface area contributed by atoms with Crippen LogP contribution < -0.4 is 15.1 Å². The Balaban J connectivity index is 1.44. The third-order valence-corrected chi connectivity index (χ3v) is 6.71. The monoisotopic (exact) mass is 515 g/mol. The highest BCUT2D eigenvalue weighted by Gasteiger charge is 2.22. The topological polar surface area (TPSA) is 52.7 Å². The van der Waals surface area contributed by atoms with Gasteiger partial charge in [-0.05, 0) is 31.1 Å². The highest BCUT2D eigenvalue weighted by molar-refractivity contribution is 7.96. The molecule has 0 spiro atoms. The number of rotatable bonds is 10. The van der Waals surface area contributed by atoms with Crippen molar-refractivity contribution in [3.8, 4) is 0 Å². The van der Waals surface area contributed by atoms with Gasteiger partial charge in [0.1, 0.15) is 28.8 Å². The number of anilines is 3. The number of nitrogens with zero attached hydrogens (tertiary/aromatic N) is 3. The van der Waals surface area contributed by atoms with E-state index in [9.17, 15) is 13.2 Å². The first-order valence-electron chi connectivity index (χ1n) is 10.1. The predicted molar refractivity (Wildman–Crippen MR) is 128 cm³/mol. The van der Waals surface area contributed by atoms with E-state index in [0.29, 0.717) is 35.7 Å². The van der Waals surface area contributed by atoms with Gasteiger partial charge in [-0.2, -0.15) is 4.28 Å². The van der Waals surface area contributed by atoms with Crippen molar-refractivity contribution in [2.75, 3.05) is 35.2 Å². The second-order valence-electron chi connectivity index (χ2n) is 7.37. The van der Waals surface area contributed by atoms with Gasteiger partial charge in [0.2, 0.25) is 0 Å². The van der Waals surface area contributed by atoms with Crippen LogP contribution in [0.1, 0.15) is 17.5 Å². The van der Waals surface area contributed by atoms with Crippen LogP contribution in [0.5, 0.6) is 0 Å². The number of thiazole rings is 1. The zero-order valence-electron chi connectivity index (χ0n) is 17.6. The maximum Gasteiger partial charge on any atom is 0.171 e. The summed E-state index contributed by atoms with van der Waals surface area (Å²) >= 11 is 8.25. The van der Waals surface area contributed by atoms with Crippen LogP contribution in [0.3, 0.4) is 0 Å². The Morgan fingerprint density at radius 1 is 1.27 bits per heavy atom. The van der Waals surface area contributed by atoms with Crippen LogP contribution in [0.4, 0.5) is 30.4 Å². The van der Waals surface area contributed by atoms with E-state index >= 15 is 0 Å². The zero-order valence-corrected chi connectivity index (χ0v) is 20.0. The third kappa shape index (κ3) is 5.67. The van der Waals surface area contributed by atoms with E-state index in [0.717, 1.165) is 29.9 Å². The summed E-state index contributed by atoms with van der Waals surface area (Å²) in [7, 11) is 1.44. The van der Waals surface area contributed by atoms with Crippen molar-refractivity contribution in [2.24, 2.45) is 0 Å². The maximum absolute atomic E-state index is 14.9. The first-order chi connectivity index (χ1) is 15.9. The Labute approximate surface area is 203 Å². The molecule has 176 valence electrons. The molecule has 4 rings (SSSR count). The minimum Gasteiger partial charge on any atom is -0.380 e. The summed E-state index contributed by atoms with van der Waals surface area (Å²) in [5.41, 5.74) is 5.16. The van der Waals surface area contributed by atoms with Crippen LogP contribution in [-0.2, 0) is 17.4 Å². The van der Waals surface area contributed by atoms with E-state index in [-0.39, 0.29) is 28.8 Å². The molecule has 0 radical (unpaired) electrons. The van der Waals surface area contributed by atoms with Crippen molar-refractivity contribution in [1.82, 2.24) is 9.88 Å².